The Bertz CT molecular complexity index is 173. The van der Waals surface area contributed by atoms with Crippen LogP contribution in [0.2, 0.25) is 0 Å². The molecule has 0 bridgehead atoms. The standard InChI is InChI=1S/C15H32NO/c1-3-5-7-9-11-16(13-15(17)14-16)12-10-8-6-4-2/h15,17H,3-14H2,1-2H3/q+1. The van der Waals surface area contributed by atoms with Crippen molar-refractivity contribution in [1.29, 1.82) is 0 Å². The number of aliphatic hydroxyl groups excluding tert-OH is 1. The Balaban J connectivity index is 2.16. The fourth-order valence-corrected chi connectivity index (χ4v) is 3.07. The van der Waals surface area contributed by atoms with Crippen LogP contribution in [0.3, 0.4) is 0 Å². The lowest BCUT2D eigenvalue weighted by Crippen LogP contribution is -2.66. The van der Waals surface area contributed by atoms with Gasteiger partial charge in [-0.25, -0.2) is 0 Å². The Morgan fingerprint density at radius 2 is 1.29 bits per heavy atom. The number of hydrogen-bond donors (Lipinski definition) is 1. The minimum atomic E-state index is -0.00708. The van der Waals surface area contributed by atoms with E-state index in [9.17, 15) is 5.11 Å². The van der Waals surface area contributed by atoms with Gasteiger partial charge < -0.3 is 9.59 Å². The molecule has 1 rings (SSSR count). The molecule has 0 saturated carbocycles. The van der Waals surface area contributed by atoms with E-state index in [1.807, 2.05) is 0 Å². The predicted molar refractivity (Wildman–Crippen MR) is 74.0 cm³/mol. The van der Waals surface area contributed by atoms with Gasteiger partial charge in [-0.15, -0.1) is 0 Å². The normalized spacial score (nSPS) is 19.2. The summed E-state index contributed by atoms with van der Waals surface area (Å²) in [5, 5.41) is 9.57. The number of hydrogen-bond acceptors (Lipinski definition) is 1. The molecule has 1 N–H and O–H groups in total. The Morgan fingerprint density at radius 3 is 1.65 bits per heavy atom. The Kier molecular flexibility index (Phi) is 7.14. The minimum absolute atomic E-state index is 0.00708. The molecule has 0 radical (unpaired) electrons. The number of aliphatic hydroxyl groups is 1. The van der Waals surface area contributed by atoms with Gasteiger partial charge in [0.15, 0.2) is 6.10 Å². The van der Waals surface area contributed by atoms with E-state index in [2.05, 4.69) is 13.8 Å². The van der Waals surface area contributed by atoms with Crippen LogP contribution in [-0.4, -0.2) is 41.9 Å². The predicted octanol–water partition coefficient (Wildman–Crippen LogP) is 3.34. The molecule has 0 amide bonds. The van der Waals surface area contributed by atoms with Crippen molar-refractivity contribution in [3.8, 4) is 0 Å². The molecule has 1 fully saturated rings. The summed E-state index contributed by atoms with van der Waals surface area (Å²) in [6.07, 6.45) is 10.8. The average molecular weight is 242 g/mol. The van der Waals surface area contributed by atoms with E-state index in [1.165, 1.54) is 68.9 Å². The molecule has 1 aliphatic rings. The zero-order valence-corrected chi connectivity index (χ0v) is 12.0. The first kappa shape index (κ1) is 15.0. The summed E-state index contributed by atoms with van der Waals surface area (Å²) in [7, 11) is 0. The molecule has 0 aromatic heterocycles. The first-order valence-corrected chi connectivity index (χ1v) is 7.75. The van der Waals surface area contributed by atoms with Gasteiger partial charge in [0.2, 0.25) is 0 Å². The first-order valence-electron chi connectivity index (χ1n) is 7.75. The Labute approximate surface area is 108 Å². The highest BCUT2D eigenvalue weighted by Crippen LogP contribution is 2.23. The molecule has 102 valence electrons. The van der Waals surface area contributed by atoms with Crippen LogP contribution in [-0.2, 0) is 0 Å². The summed E-state index contributed by atoms with van der Waals surface area (Å²) in [6.45, 7) is 9.20. The third kappa shape index (κ3) is 5.39. The molecule has 1 aliphatic heterocycles. The highest BCUT2D eigenvalue weighted by atomic mass is 16.3. The maximum atomic E-state index is 9.57. The minimum Gasteiger partial charge on any atom is -0.382 e. The zero-order valence-electron chi connectivity index (χ0n) is 12.0. The molecular formula is C15H32NO+. The lowest BCUT2D eigenvalue weighted by Gasteiger charge is -2.49. The fourth-order valence-electron chi connectivity index (χ4n) is 3.07. The number of unbranched alkanes of at least 4 members (excludes halogenated alkanes) is 6. The lowest BCUT2D eigenvalue weighted by molar-refractivity contribution is -0.972. The van der Waals surface area contributed by atoms with Gasteiger partial charge in [0.25, 0.3) is 0 Å². The summed E-state index contributed by atoms with van der Waals surface area (Å²) in [6, 6.07) is 0. The van der Waals surface area contributed by atoms with Gasteiger partial charge in [-0.1, -0.05) is 39.5 Å². The van der Waals surface area contributed by atoms with E-state index >= 15 is 0 Å². The van der Waals surface area contributed by atoms with Crippen LogP contribution in [0, 0.1) is 0 Å². The second-order valence-electron chi connectivity index (χ2n) is 5.93. The Hall–Kier alpha value is -0.0800. The van der Waals surface area contributed by atoms with Crippen LogP contribution in [0.1, 0.15) is 65.2 Å². The Morgan fingerprint density at radius 1 is 0.824 bits per heavy atom. The molecule has 1 heterocycles. The van der Waals surface area contributed by atoms with Gasteiger partial charge in [0, 0.05) is 0 Å². The molecule has 0 atom stereocenters. The molecule has 2 heteroatoms. The van der Waals surface area contributed by atoms with Crippen molar-refractivity contribution in [3.05, 3.63) is 0 Å². The SMILES string of the molecule is CCCCCC[N+]1(CCCCCC)CC(O)C1. The van der Waals surface area contributed by atoms with Crippen molar-refractivity contribution in [3.63, 3.8) is 0 Å². The number of nitrogens with zero attached hydrogens (tertiary/aromatic N) is 1. The van der Waals surface area contributed by atoms with E-state index in [1.54, 1.807) is 0 Å². The summed E-state index contributed by atoms with van der Waals surface area (Å²) in [5.74, 6) is 0. The van der Waals surface area contributed by atoms with Crippen LogP contribution in [0.5, 0.6) is 0 Å². The average Bonchev–Trinajstić information content (AvgIpc) is 2.28. The molecule has 0 unspecified atom stereocenters. The van der Waals surface area contributed by atoms with E-state index in [0.29, 0.717) is 0 Å². The molecular weight excluding hydrogens is 210 g/mol. The van der Waals surface area contributed by atoms with Crippen LogP contribution in [0.4, 0.5) is 0 Å². The van der Waals surface area contributed by atoms with Gasteiger partial charge in [0.05, 0.1) is 13.1 Å². The maximum absolute atomic E-state index is 9.57. The fraction of sp³-hybridized carbons (Fsp3) is 1.00. The van der Waals surface area contributed by atoms with Crippen molar-refractivity contribution in [2.45, 2.75) is 71.3 Å². The van der Waals surface area contributed by atoms with Crippen molar-refractivity contribution in [1.82, 2.24) is 0 Å². The number of quaternary nitrogens is 1. The highest BCUT2D eigenvalue weighted by molar-refractivity contribution is 4.67. The molecule has 0 spiro atoms. The summed E-state index contributed by atoms with van der Waals surface area (Å²) >= 11 is 0. The number of likely N-dealkylation sites (tertiary alicyclic amines) is 1. The quantitative estimate of drug-likeness (QED) is 0.460. The molecule has 0 aliphatic carbocycles. The summed E-state index contributed by atoms with van der Waals surface area (Å²) < 4.78 is 1.22. The van der Waals surface area contributed by atoms with Crippen LogP contribution < -0.4 is 0 Å². The van der Waals surface area contributed by atoms with E-state index in [-0.39, 0.29) is 6.10 Å². The van der Waals surface area contributed by atoms with E-state index in [0.717, 1.165) is 13.1 Å². The smallest absolute Gasteiger partial charge is 0.152 e. The van der Waals surface area contributed by atoms with E-state index < -0.39 is 0 Å². The highest BCUT2D eigenvalue weighted by Gasteiger charge is 2.41. The molecule has 0 aromatic rings. The van der Waals surface area contributed by atoms with Crippen molar-refractivity contribution in [2.75, 3.05) is 26.2 Å². The second kappa shape index (κ2) is 8.10. The zero-order chi connectivity index (χ0) is 12.6. The molecule has 17 heavy (non-hydrogen) atoms. The number of rotatable bonds is 10. The molecule has 2 nitrogen and oxygen atoms in total. The molecule has 0 aromatic carbocycles. The monoisotopic (exact) mass is 242 g/mol. The third-order valence-corrected chi connectivity index (χ3v) is 4.17. The largest absolute Gasteiger partial charge is 0.382 e. The van der Waals surface area contributed by atoms with Gasteiger partial charge >= 0.3 is 0 Å². The van der Waals surface area contributed by atoms with Crippen molar-refractivity contribution < 1.29 is 9.59 Å². The molecule has 1 saturated heterocycles. The van der Waals surface area contributed by atoms with Gasteiger partial charge in [-0.05, 0) is 25.7 Å². The summed E-state index contributed by atoms with van der Waals surface area (Å²) in [5.41, 5.74) is 0. The van der Waals surface area contributed by atoms with Crippen molar-refractivity contribution in [2.24, 2.45) is 0 Å². The third-order valence-electron chi connectivity index (χ3n) is 4.17. The van der Waals surface area contributed by atoms with Gasteiger partial charge in [0.1, 0.15) is 13.1 Å². The van der Waals surface area contributed by atoms with Crippen LogP contribution >= 0.6 is 0 Å². The van der Waals surface area contributed by atoms with Crippen molar-refractivity contribution >= 4 is 0 Å². The maximum Gasteiger partial charge on any atom is 0.152 e. The van der Waals surface area contributed by atoms with Gasteiger partial charge in [-0.3, -0.25) is 0 Å². The van der Waals surface area contributed by atoms with Crippen LogP contribution in [0.25, 0.3) is 0 Å². The van der Waals surface area contributed by atoms with Gasteiger partial charge in [-0.2, -0.15) is 0 Å². The van der Waals surface area contributed by atoms with E-state index in [4.69, 9.17) is 0 Å². The first-order chi connectivity index (χ1) is 8.22. The topological polar surface area (TPSA) is 20.2 Å². The van der Waals surface area contributed by atoms with Crippen LogP contribution in [0.15, 0.2) is 0 Å². The second-order valence-corrected chi connectivity index (χ2v) is 5.93. The summed E-state index contributed by atoms with van der Waals surface area (Å²) in [4.78, 5) is 0. The lowest BCUT2D eigenvalue weighted by atomic mass is 10.0.